The first kappa shape index (κ1) is 21.0. The highest BCUT2D eigenvalue weighted by molar-refractivity contribution is 7.98. The number of carbonyl (C=O) groups excluding carboxylic acids is 1. The Morgan fingerprint density at radius 3 is 2.66 bits per heavy atom. The van der Waals surface area contributed by atoms with Crippen LogP contribution in [0.1, 0.15) is 21.9 Å². The summed E-state index contributed by atoms with van der Waals surface area (Å²) >= 11 is 7.56. The van der Waals surface area contributed by atoms with E-state index in [1.54, 1.807) is 6.07 Å². The van der Waals surface area contributed by atoms with Crippen LogP contribution in [0.15, 0.2) is 68.7 Å². The van der Waals surface area contributed by atoms with Crippen LogP contribution in [-0.4, -0.2) is 42.0 Å². The van der Waals surface area contributed by atoms with E-state index in [0.717, 1.165) is 46.2 Å². The minimum absolute atomic E-state index is 0.0792. The number of amides is 1. The maximum atomic E-state index is 12.9. The smallest absolute Gasteiger partial charge is 0.289 e. The quantitative estimate of drug-likeness (QED) is 0.354. The Morgan fingerprint density at radius 2 is 1.88 bits per heavy atom. The number of anilines is 1. The van der Waals surface area contributed by atoms with E-state index in [0.29, 0.717) is 29.8 Å². The van der Waals surface area contributed by atoms with Crippen LogP contribution in [0.4, 0.5) is 5.69 Å². The summed E-state index contributed by atoms with van der Waals surface area (Å²) in [5.74, 6) is 1.55. The molecule has 0 saturated carbocycles. The fourth-order valence-corrected chi connectivity index (χ4v) is 4.74. The molecule has 0 atom stereocenters. The van der Waals surface area contributed by atoms with Crippen molar-refractivity contribution in [3.8, 4) is 0 Å². The number of halogens is 1. The summed E-state index contributed by atoms with van der Waals surface area (Å²) in [4.78, 5) is 21.5. The Bertz CT molecular complexity index is 1260. The zero-order valence-corrected chi connectivity index (χ0v) is 19.2. The minimum atomic E-state index is -0.0792. The van der Waals surface area contributed by atoms with E-state index >= 15 is 0 Å². The van der Waals surface area contributed by atoms with E-state index < -0.39 is 0 Å². The molecular weight excluding hydrogens is 446 g/mol. The number of furan rings is 1. The van der Waals surface area contributed by atoms with Crippen molar-refractivity contribution in [2.75, 3.05) is 31.1 Å². The minimum Gasteiger partial charge on any atom is -0.455 e. The molecule has 5 rings (SSSR count). The number of aromatic nitrogens is 1. The summed E-state index contributed by atoms with van der Waals surface area (Å²) < 4.78 is 11.6. The van der Waals surface area contributed by atoms with E-state index in [1.807, 2.05) is 60.4 Å². The Balaban J connectivity index is 1.18. The average Bonchev–Trinajstić information content (AvgIpc) is 3.45. The van der Waals surface area contributed by atoms with Gasteiger partial charge in [0, 0.05) is 36.9 Å². The first-order valence-corrected chi connectivity index (χ1v) is 11.8. The number of para-hydroxylation sites is 1. The molecule has 0 N–H and O–H groups in total. The molecule has 2 aromatic carbocycles. The number of rotatable bonds is 5. The number of carbonyl (C=O) groups is 1. The molecule has 1 amide bonds. The lowest BCUT2D eigenvalue weighted by molar-refractivity contribution is 0.0713. The van der Waals surface area contributed by atoms with Crippen LogP contribution >= 0.6 is 23.4 Å². The highest BCUT2D eigenvalue weighted by atomic mass is 35.5. The van der Waals surface area contributed by atoms with Gasteiger partial charge in [0.1, 0.15) is 11.3 Å². The third-order valence-corrected chi connectivity index (χ3v) is 6.64. The lowest BCUT2D eigenvalue weighted by Gasteiger charge is -2.35. The number of oxazole rings is 1. The van der Waals surface area contributed by atoms with Crippen molar-refractivity contribution in [2.45, 2.75) is 17.9 Å². The summed E-state index contributed by atoms with van der Waals surface area (Å²) in [5.41, 5.74) is 3.82. The van der Waals surface area contributed by atoms with Crippen LogP contribution < -0.4 is 4.90 Å². The fraction of sp³-hybridized carbons (Fsp3) is 0.250. The molecule has 1 aliphatic heterocycles. The van der Waals surface area contributed by atoms with E-state index in [-0.39, 0.29) is 5.91 Å². The zero-order chi connectivity index (χ0) is 22.1. The predicted octanol–water partition coefficient (Wildman–Crippen LogP) is 5.64. The molecule has 0 aliphatic carbocycles. The number of benzene rings is 2. The third-order valence-electron chi connectivity index (χ3n) is 5.55. The van der Waals surface area contributed by atoms with E-state index in [2.05, 4.69) is 9.88 Å². The van der Waals surface area contributed by atoms with Gasteiger partial charge in [-0.1, -0.05) is 41.6 Å². The molecule has 0 unspecified atom stereocenters. The molecule has 164 valence electrons. The van der Waals surface area contributed by atoms with Gasteiger partial charge in [0.2, 0.25) is 0 Å². The molecule has 32 heavy (non-hydrogen) atoms. The third kappa shape index (κ3) is 4.36. The molecule has 0 spiro atoms. The van der Waals surface area contributed by atoms with Gasteiger partial charge in [-0.15, -0.1) is 0 Å². The Hall–Kier alpha value is -2.90. The van der Waals surface area contributed by atoms with Gasteiger partial charge in [-0.25, -0.2) is 4.98 Å². The van der Waals surface area contributed by atoms with Crippen LogP contribution in [0.25, 0.3) is 11.1 Å². The standard InChI is InChI=1S/C24H22ClN3O3S/c1-16-4-2-7-20-22(16)26-24(31-20)32-15-19-8-9-21(30-19)23(29)28-12-10-27(11-13-28)18-6-3-5-17(25)14-18/h2-9,14H,10-13,15H2,1H3. The van der Waals surface area contributed by atoms with Crippen LogP contribution in [0.2, 0.25) is 5.02 Å². The second-order valence-electron chi connectivity index (χ2n) is 7.72. The van der Waals surface area contributed by atoms with Gasteiger partial charge >= 0.3 is 0 Å². The monoisotopic (exact) mass is 467 g/mol. The van der Waals surface area contributed by atoms with Crippen molar-refractivity contribution in [3.63, 3.8) is 0 Å². The second kappa shape index (κ2) is 8.92. The van der Waals surface area contributed by atoms with Gasteiger partial charge in [0.25, 0.3) is 11.1 Å². The van der Waals surface area contributed by atoms with E-state index in [1.165, 1.54) is 11.8 Å². The summed E-state index contributed by atoms with van der Waals surface area (Å²) in [5, 5.41) is 1.31. The van der Waals surface area contributed by atoms with Crippen molar-refractivity contribution in [1.82, 2.24) is 9.88 Å². The Kier molecular flexibility index (Phi) is 5.85. The normalized spacial score (nSPS) is 14.3. The molecule has 8 heteroatoms. The maximum absolute atomic E-state index is 12.9. The van der Waals surface area contributed by atoms with Crippen LogP contribution in [0, 0.1) is 6.92 Å². The molecule has 3 heterocycles. The Morgan fingerprint density at radius 1 is 1.06 bits per heavy atom. The molecule has 6 nitrogen and oxygen atoms in total. The summed E-state index contributed by atoms with van der Waals surface area (Å²) in [6.45, 7) is 4.80. The molecule has 4 aromatic rings. The highest BCUT2D eigenvalue weighted by Crippen LogP contribution is 2.28. The van der Waals surface area contributed by atoms with Crippen molar-refractivity contribution >= 4 is 46.1 Å². The fourth-order valence-electron chi connectivity index (χ4n) is 3.83. The molecule has 0 bridgehead atoms. The maximum Gasteiger partial charge on any atom is 0.289 e. The van der Waals surface area contributed by atoms with E-state index in [9.17, 15) is 4.79 Å². The number of fused-ring (bicyclic) bond motifs is 1. The number of thioether (sulfide) groups is 1. The SMILES string of the molecule is Cc1cccc2oc(SCc3ccc(C(=O)N4CCN(c5cccc(Cl)c5)CC4)o3)nc12. The van der Waals surface area contributed by atoms with Crippen molar-refractivity contribution in [1.29, 1.82) is 0 Å². The number of aryl methyl sites for hydroxylation is 1. The van der Waals surface area contributed by atoms with Gasteiger partial charge in [-0.05, 0) is 48.9 Å². The largest absolute Gasteiger partial charge is 0.455 e. The number of nitrogens with zero attached hydrogens (tertiary/aromatic N) is 3. The molecule has 1 fully saturated rings. The highest BCUT2D eigenvalue weighted by Gasteiger charge is 2.24. The summed E-state index contributed by atoms with van der Waals surface area (Å²) in [6.07, 6.45) is 0. The molecule has 0 radical (unpaired) electrons. The average molecular weight is 468 g/mol. The molecule has 1 aliphatic rings. The van der Waals surface area contributed by atoms with Crippen molar-refractivity contribution in [2.24, 2.45) is 0 Å². The van der Waals surface area contributed by atoms with Gasteiger partial charge in [-0.2, -0.15) is 0 Å². The van der Waals surface area contributed by atoms with Gasteiger partial charge < -0.3 is 18.6 Å². The molecule has 1 saturated heterocycles. The van der Waals surface area contributed by atoms with E-state index in [4.69, 9.17) is 20.4 Å². The first-order chi connectivity index (χ1) is 15.6. The van der Waals surface area contributed by atoms with Crippen LogP contribution in [0.3, 0.4) is 0 Å². The molecular formula is C24H22ClN3O3S. The number of hydrogen-bond donors (Lipinski definition) is 0. The molecule has 2 aromatic heterocycles. The second-order valence-corrected chi connectivity index (χ2v) is 9.08. The van der Waals surface area contributed by atoms with Crippen LogP contribution in [0.5, 0.6) is 0 Å². The van der Waals surface area contributed by atoms with Gasteiger partial charge in [-0.3, -0.25) is 4.79 Å². The number of piperazine rings is 1. The lowest BCUT2D eigenvalue weighted by atomic mass is 10.2. The summed E-state index contributed by atoms with van der Waals surface area (Å²) in [7, 11) is 0. The number of hydrogen-bond acceptors (Lipinski definition) is 6. The van der Waals surface area contributed by atoms with Crippen LogP contribution in [-0.2, 0) is 5.75 Å². The lowest BCUT2D eigenvalue weighted by Crippen LogP contribution is -2.48. The van der Waals surface area contributed by atoms with Crippen molar-refractivity contribution in [3.05, 3.63) is 76.7 Å². The van der Waals surface area contributed by atoms with Gasteiger partial charge in [0.05, 0.1) is 5.75 Å². The van der Waals surface area contributed by atoms with Crippen molar-refractivity contribution < 1.29 is 13.6 Å². The van der Waals surface area contributed by atoms with Gasteiger partial charge in [0.15, 0.2) is 11.3 Å². The zero-order valence-electron chi connectivity index (χ0n) is 17.6. The predicted molar refractivity (Wildman–Crippen MR) is 127 cm³/mol. The Labute approximate surface area is 195 Å². The topological polar surface area (TPSA) is 62.7 Å². The first-order valence-electron chi connectivity index (χ1n) is 10.4. The summed E-state index contributed by atoms with van der Waals surface area (Å²) in [6, 6.07) is 17.3.